The number of benzene rings is 12. The number of carbonyl (C=O) groups is 3. The first-order valence-corrected chi connectivity index (χ1v) is 32.2. The molecule has 0 radical (unpaired) electrons. The van der Waals surface area contributed by atoms with Gasteiger partial charge in [0.05, 0.1) is 33.7 Å². The highest BCUT2D eigenvalue weighted by Gasteiger charge is 2.12. The molecule has 0 heterocycles. The van der Waals surface area contributed by atoms with Crippen LogP contribution >= 0.6 is 46.4 Å². The second-order valence-corrected chi connectivity index (χ2v) is 23.3. The molecule has 0 saturated carbocycles. The van der Waals surface area contributed by atoms with Crippen LogP contribution in [0.5, 0.6) is 23.0 Å². The summed E-state index contributed by atoms with van der Waals surface area (Å²) in [7, 11) is 0. The number of nitrogens with zero attached hydrogens (tertiary/aromatic N) is 3. The first-order chi connectivity index (χ1) is 48.2. The van der Waals surface area contributed by atoms with Crippen LogP contribution in [0.1, 0.15) is 88.4 Å². The number of para-hydroxylation sites is 1. The standard InChI is InChI=1S/C29H23ClN2O2.C27H19ClN2O3.C26H16Cl2N2O2/c30-27-19-23(17-18-28(27)33)29(34)32-31-20-24-16-15-22(25-13-7-8-14-26(24)25)12-6-2-5-11-21-9-3-1-4-10-21;28-25-17-20(14-15-26(25)31)27(32)30-29-18-21-13-12-19(23-10-4-5-11-24(21)23)7-6-16-33-22-8-2-1-3-9-22;27-21-12-6-17(7-13-21)5-8-18-9-10-20(23-4-2-1-3-22(18)23)16-29-30-26(32)19-11-14-25(31)24(28)15-19/h1,3-4,7-10,13-20,33H,2,5,11H2,(H,32,34);1-5,8-15,17-18,31H,16H2,(H,30,32);1-4,6-7,9-16,31H,(H,30,32)/b31-20+;29-18+;29-16+. The van der Waals surface area contributed by atoms with Gasteiger partial charge >= 0.3 is 0 Å². The third kappa shape index (κ3) is 19.8. The Labute approximate surface area is 591 Å². The number of hydrogen-bond donors (Lipinski definition) is 6. The molecule has 13 nitrogen and oxygen atoms in total. The van der Waals surface area contributed by atoms with Crippen molar-refractivity contribution in [2.24, 2.45) is 15.3 Å². The monoisotopic (exact) mass is 1380 g/mol. The number of hydrogen-bond acceptors (Lipinski definition) is 10. The lowest BCUT2D eigenvalue weighted by Crippen LogP contribution is -2.17. The molecule has 0 aliphatic heterocycles. The van der Waals surface area contributed by atoms with Crippen LogP contribution in [0, 0.1) is 35.5 Å². The third-order valence-corrected chi connectivity index (χ3v) is 16.1. The number of phenolic OH excluding ortho intramolecular Hbond substituents is 3. The number of hydrazone groups is 3. The minimum atomic E-state index is -0.432. The summed E-state index contributed by atoms with van der Waals surface area (Å²) < 4.78 is 5.63. The second-order valence-electron chi connectivity index (χ2n) is 21.6. The molecule has 0 aliphatic rings. The molecular weight excluding hydrogens is 1320 g/mol. The Hall–Kier alpha value is -12.1. The van der Waals surface area contributed by atoms with Crippen molar-refractivity contribution in [2.75, 3.05) is 6.61 Å². The number of amides is 3. The molecule has 0 bridgehead atoms. The highest BCUT2D eigenvalue weighted by molar-refractivity contribution is 6.33. The van der Waals surface area contributed by atoms with Gasteiger partial charge in [0.2, 0.25) is 0 Å². The number of aryl methyl sites for hydroxylation is 1. The lowest BCUT2D eigenvalue weighted by molar-refractivity contribution is 0.0947. The number of nitrogens with one attached hydrogen (secondary N) is 3. The number of halogens is 4. The molecule has 486 valence electrons. The number of unbranched alkanes of at least 4 members (excludes halogenated alkanes) is 1. The van der Waals surface area contributed by atoms with E-state index in [0.717, 1.165) is 96.3 Å². The quantitative estimate of drug-likeness (QED) is 0.0270. The van der Waals surface area contributed by atoms with Gasteiger partial charge in [0.1, 0.15) is 29.6 Å². The van der Waals surface area contributed by atoms with Crippen molar-refractivity contribution in [3.05, 3.63) is 330 Å². The van der Waals surface area contributed by atoms with E-state index in [-0.39, 0.29) is 38.9 Å². The lowest BCUT2D eigenvalue weighted by Gasteiger charge is -2.05. The molecule has 0 aromatic heterocycles. The zero-order valence-corrected chi connectivity index (χ0v) is 55.6. The molecule has 3 amide bonds. The summed E-state index contributed by atoms with van der Waals surface area (Å²) in [6.07, 6.45) is 7.65. The molecule has 0 saturated heterocycles. The van der Waals surface area contributed by atoms with E-state index in [1.54, 1.807) is 18.6 Å². The number of aromatic hydroxyl groups is 3. The van der Waals surface area contributed by atoms with Crippen LogP contribution in [0.25, 0.3) is 32.3 Å². The zero-order valence-electron chi connectivity index (χ0n) is 52.6. The maximum absolute atomic E-state index is 12.3. The average Bonchev–Trinajstić information content (AvgIpc) is 0.823. The highest BCUT2D eigenvalue weighted by atomic mass is 35.5. The molecule has 6 N–H and O–H groups in total. The largest absolute Gasteiger partial charge is 0.506 e. The zero-order chi connectivity index (χ0) is 69.3. The van der Waals surface area contributed by atoms with Gasteiger partial charge in [-0.2, -0.15) is 15.3 Å². The van der Waals surface area contributed by atoms with Crippen LogP contribution in [0.4, 0.5) is 0 Å². The fraction of sp³-hybridized carbons (Fsp3) is 0.0488. The molecule has 0 aliphatic carbocycles. The Balaban J connectivity index is 0.000000161. The lowest BCUT2D eigenvalue weighted by atomic mass is 10.00. The molecule has 17 heteroatoms. The van der Waals surface area contributed by atoms with Crippen molar-refractivity contribution in [1.29, 1.82) is 0 Å². The minimum Gasteiger partial charge on any atom is -0.506 e. The van der Waals surface area contributed by atoms with E-state index in [9.17, 15) is 29.7 Å². The summed E-state index contributed by atoms with van der Waals surface area (Å²) in [6, 6.07) is 75.3. The summed E-state index contributed by atoms with van der Waals surface area (Å²) in [4.78, 5) is 36.8. The number of ether oxygens (including phenoxy) is 1. The van der Waals surface area contributed by atoms with E-state index in [2.05, 4.69) is 91.4 Å². The predicted octanol–water partition coefficient (Wildman–Crippen LogP) is 17.7. The Morgan fingerprint density at radius 2 is 0.768 bits per heavy atom. The van der Waals surface area contributed by atoms with Crippen LogP contribution in [0.3, 0.4) is 0 Å². The van der Waals surface area contributed by atoms with Crippen LogP contribution in [-0.2, 0) is 6.42 Å². The fourth-order valence-corrected chi connectivity index (χ4v) is 10.5. The van der Waals surface area contributed by atoms with Crippen molar-refractivity contribution < 1.29 is 34.4 Å². The normalized spacial score (nSPS) is 10.7. The van der Waals surface area contributed by atoms with Crippen LogP contribution in [0.15, 0.2) is 264 Å². The number of fused-ring (bicyclic) bond motifs is 3. The van der Waals surface area contributed by atoms with Gasteiger partial charge in [-0.25, -0.2) is 16.3 Å². The van der Waals surface area contributed by atoms with Crippen LogP contribution in [-0.4, -0.2) is 58.3 Å². The van der Waals surface area contributed by atoms with E-state index < -0.39 is 17.7 Å². The fourth-order valence-electron chi connectivity index (χ4n) is 9.87. The third-order valence-electron chi connectivity index (χ3n) is 14.9. The molecule has 0 fully saturated rings. The summed E-state index contributed by atoms with van der Waals surface area (Å²) in [5.41, 5.74) is 15.8. The van der Waals surface area contributed by atoms with Gasteiger partial charge in [-0.15, -0.1) is 0 Å². The number of phenols is 3. The van der Waals surface area contributed by atoms with Gasteiger partial charge in [0.25, 0.3) is 17.7 Å². The van der Waals surface area contributed by atoms with Gasteiger partial charge < -0.3 is 20.1 Å². The number of rotatable bonds is 14. The molecular formula is C82H58Cl4N6O7. The summed E-state index contributed by atoms with van der Waals surface area (Å²) in [5, 5.41) is 47.6. The Kier molecular flexibility index (Phi) is 24.7. The summed E-state index contributed by atoms with van der Waals surface area (Å²) in [6.45, 7) is 0.287. The maximum Gasteiger partial charge on any atom is 0.271 e. The topological polar surface area (TPSA) is 194 Å². The van der Waals surface area contributed by atoms with Gasteiger partial charge in [0.15, 0.2) is 0 Å². The van der Waals surface area contributed by atoms with E-state index in [0.29, 0.717) is 21.7 Å². The van der Waals surface area contributed by atoms with Gasteiger partial charge in [-0.3, -0.25) is 14.4 Å². The highest BCUT2D eigenvalue weighted by Crippen LogP contribution is 2.28. The Morgan fingerprint density at radius 3 is 1.18 bits per heavy atom. The van der Waals surface area contributed by atoms with Crippen molar-refractivity contribution >= 4 is 115 Å². The smallest absolute Gasteiger partial charge is 0.271 e. The first kappa shape index (κ1) is 69.7. The Morgan fingerprint density at radius 1 is 0.394 bits per heavy atom. The van der Waals surface area contributed by atoms with Crippen LogP contribution in [0.2, 0.25) is 20.1 Å². The Bertz CT molecular complexity index is 5230. The minimum absolute atomic E-state index is 0.0763. The predicted molar refractivity (Wildman–Crippen MR) is 399 cm³/mol. The summed E-state index contributed by atoms with van der Waals surface area (Å²) >= 11 is 23.5. The molecule has 12 aromatic carbocycles. The van der Waals surface area contributed by atoms with E-state index in [4.69, 9.17) is 51.1 Å². The molecule has 12 aromatic rings. The second kappa shape index (κ2) is 35.0. The van der Waals surface area contributed by atoms with Crippen molar-refractivity contribution in [2.45, 2.75) is 19.3 Å². The maximum atomic E-state index is 12.3. The van der Waals surface area contributed by atoms with E-state index >= 15 is 0 Å². The molecule has 0 atom stereocenters. The van der Waals surface area contributed by atoms with E-state index in [1.807, 2.05) is 170 Å². The van der Waals surface area contributed by atoms with Gasteiger partial charge in [-0.05, 0) is 160 Å². The van der Waals surface area contributed by atoms with Crippen LogP contribution < -0.4 is 21.0 Å². The number of carbonyl (C=O) groups excluding carboxylic acids is 3. The SMILES string of the molecule is O=C(N/N=C/c1ccc(C#CCCCc2ccccc2)c2ccccc12)c1ccc(O)c(Cl)c1.O=C(N/N=C/c1ccc(C#CCOc2ccccc2)c2ccccc12)c1ccc(O)c(Cl)c1.O=C(N/N=C/c1ccc(C#Cc2ccc(Cl)cc2)c2ccccc12)c1ccc(O)c(Cl)c1. The van der Waals surface area contributed by atoms with Crippen molar-refractivity contribution in [3.8, 4) is 58.5 Å². The summed E-state index contributed by atoms with van der Waals surface area (Å²) in [5.74, 6) is 18.5. The molecule has 99 heavy (non-hydrogen) atoms. The first-order valence-electron chi connectivity index (χ1n) is 30.7. The van der Waals surface area contributed by atoms with Gasteiger partial charge in [-0.1, -0.05) is 221 Å². The van der Waals surface area contributed by atoms with Crippen molar-refractivity contribution in [1.82, 2.24) is 16.3 Å². The average molecular weight is 1380 g/mol. The van der Waals surface area contributed by atoms with E-state index in [1.165, 1.54) is 60.2 Å². The van der Waals surface area contributed by atoms with Crippen molar-refractivity contribution in [3.63, 3.8) is 0 Å². The molecule has 0 unspecified atom stereocenters. The molecule has 12 rings (SSSR count). The molecule has 0 spiro atoms. The van der Waals surface area contributed by atoms with Gasteiger partial charge in [0, 0.05) is 67.1 Å².